The smallest absolute Gasteiger partial charge is 0.304 e. The minimum atomic E-state index is -0.743. The van der Waals surface area contributed by atoms with Gasteiger partial charge >= 0.3 is 5.97 Å². The van der Waals surface area contributed by atoms with Gasteiger partial charge in [-0.15, -0.1) is 0 Å². The fraction of sp³-hybridized carbons (Fsp3) is 0.562. The second-order valence-corrected chi connectivity index (χ2v) is 6.10. The summed E-state index contributed by atoms with van der Waals surface area (Å²) in [6.07, 6.45) is 2.55. The largest absolute Gasteiger partial charge is 0.481 e. The van der Waals surface area contributed by atoms with Crippen LogP contribution in [-0.2, 0) is 10.2 Å². The van der Waals surface area contributed by atoms with Gasteiger partial charge in [0.15, 0.2) is 0 Å². The van der Waals surface area contributed by atoms with E-state index < -0.39 is 5.97 Å². The Morgan fingerprint density at radius 3 is 2.37 bits per heavy atom. The molecule has 0 radical (unpaired) electrons. The zero-order chi connectivity index (χ0) is 13.9. The van der Waals surface area contributed by atoms with E-state index in [9.17, 15) is 4.79 Å². The van der Waals surface area contributed by atoms with Crippen LogP contribution >= 0.6 is 0 Å². The van der Waals surface area contributed by atoms with E-state index in [1.807, 2.05) is 13.8 Å². The summed E-state index contributed by atoms with van der Waals surface area (Å²) in [7, 11) is 0. The summed E-state index contributed by atoms with van der Waals surface area (Å²) in [6, 6.07) is 8.55. The molecule has 0 spiro atoms. The molecule has 0 saturated carbocycles. The molecular formula is C16H23NO2. The van der Waals surface area contributed by atoms with Gasteiger partial charge in [-0.1, -0.05) is 38.1 Å². The molecule has 1 saturated heterocycles. The van der Waals surface area contributed by atoms with Crippen LogP contribution in [0.4, 0.5) is 0 Å². The quantitative estimate of drug-likeness (QED) is 0.876. The van der Waals surface area contributed by atoms with Gasteiger partial charge in [0.1, 0.15) is 0 Å². The lowest BCUT2D eigenvalue weighted by Gasteiger charge is -2.26. The monoisotopic (exact) mass is 261 g/mol. The number of benzene rings is 1. The Balaban J connectivity index is 2.11. The maximum atomic E-state index is 10.9. The molecule has 0 amide bonds. The van der Waals surface area contributed by atoms with Crippen LogP contribution in [0.5, 0.6) is 0 Å². The highest BCUT2D eigenvalue weighted by atomic mass is 16.4. The SMILES string of the molecule is CC(C)(CC(=O)O)c1ccc(C2CCNCC2)cc1. The summed E-state index contributed by atoms with van der Waals surface area (Å²) in [5.74, 6) is -0.0923. The molecule has 2 rings (SSSR count). The number of carboxylic acids is 1. The number of carboxylic acid groups (broad SMARTS) is 1. The minimum Gasteiger partial charge on any atom is -0.481 e. The van der Waals surface area contributed by atoms with Gasteiger partial charge in [-0.05, 0) is 43.0 Å². The van der Waals surface area contributed by atoms with E-state index in [-0.39, 0.29) is 11.8 Å². The fourth-order valence-electron chi connectivity index (χ4n) is 2.84. The Morgan fingerprint density at radius 1 is 1.26 bits per heavy atom. The molecule has 1 fully saturated rings. The highest BCUT2D eigenvalue weighted by molar-refractivity contribution is 5.68. The molecule has 3 heteroatoms. The summed E-state index contributed by atoms with van der Waals surface area (Å²) in [5, 5.41) is 12.3. The van der Waals surface area contributed by atoms with Crippen molar-refractivity contribution in [1.82, 2.24) is 5.32 Å². The molecule has 0 atom stereocenters. The maximum absolute atomic E-state index is 10.9. The van der Waals surface area contributed by atoms with Crippen LogP contribution in [-0.4, -0.2) is 24.2 Å². The summed E-state index contributed by atoms with van der Waals surface area (Å²) < 4.78 is 0. The molecule has 0 aromatic heterocycles. The second kappa shape index (κ2) is 5.74. The Labute approximate surface area is 115 Å². The third kappa shape index (κ3) is 3.57. The first-order valence-corrected chi connectivity index (χ1v) is 7.02. The van der Waals surface area contributed by atoms with Crippen LogP contribution in [0.2, 0.25) is 0 Å². The number of piperidine rings is 1. The fourth-order valence-corrected chi connectivity index (χ4v) is 2.84. The molecule has 1 heterocycles. The second-order valence-electron chi connectivity index (χ2n) is 6.10. The highest BCUT2D eigenvalue weighted by Gasteiger charge is 2.24. The first kappa shape index (κ1) is 14.1. The van der Waals surface area contributed by atoms with E-state index in [4.69, 9.17) is 5.11 Å². The first-order chi connectivity index (χ1) is 8.99. The minimum absolute atomic E-state index is 0.166. The van der Waals surface area contributed by atoms with E-state index in [1.165, 1.54) is 18.4 Å². The molecule has 3 nitrogen and oxygen atoms in total. The molecule has 1 aliphatic heterocycles. The lowest BCUT2D eigenvalue weighted by atomic mass is 9.80. The van der Waals surface area contributed by atoms with E-state index in [0.717, 1.165) is 18.7 Å². The van der Waals surface area contributed by atoms with Gasteiger partial charge in [-0.2, -0.15) is 0 Å². The predicted molar refractivity (Wildman–Crippen MR) is 76.6 cm³/mol. The maximum Gasteiger partial charge on any atom is 0.304 e. The Hall–Kier alpha value is -1.35. The third-order valence-corrected chi connectivity index (χ3v) is 4.10. The van der Waals surface area contributed by atoms with Gasteiger partial charge < -0.3 is 10.4 Å². The summed E-state index contributed by atoms with van der Waals surface area (Å²) in [4.78, 5) is 10.9. The number of hydrogen-bond donors (Lipinski definition) is 2. The summed E-state index contributed by atoms with van der Waals surface area (Å²) in [5.41, 5.74) is 2.18. The number of aliphatic carboxylic acids is 1. The molecular weight excluding hydrogens is 238 g/mol. The number of rotatable bonds is 4. The Bertz CT molecular complexity index is 431. The van der Waals surface area contributed by atoms with Crippen LogP contribution in [0.3, 0.4) is 0 Å². The average molecular weight is 261 g/mol. The van der Waals surface area contributed by atoms with Crippen molar-refractivity contribution in [1.29, 1.82) is 0 Å². The number of nitrogens with one attached hydrogen (secondary N) is 1. The molecule has 0 unspecified atom stereocenters. The van der Waals surface area contributed by atoms with E-state index in [2.05, 4.69) is 29.6 Å². The van der Waals surface area contributed by atoms with Gasteiger partial charge in [-0.25, -0.2) is 0 Å². The van der Waals surface area contributed by atoms with Crippen molar-refractivity contribution in [2.24, 2.45) is 0 Å². The van der Waals surface area contributed by atoms with Crippen molar-refractivity contribution in [2.45, 2.75) is 44.4 Å². The van der Waals surface area contributed by atoms with E-state index >= 15 is 0 Å². The molecule has 19 heavy (non-hydrogen) atoms. The summed E-state index contributed by atoms with van der Waals surface area (Å²) in [6.45, 7) is 6.16. The van der Waals surface area contributed by atoms with Crippen LogP contribution in [0.15, 0.2) is 24.3 Å². The van der Waals surface area contributed by atoms with Crippen molar-refractivity contribution in [3.05, 3.63) is 35.4 Å². The molecule has 1 aromatic rings. The van der Waals surface area contributed by atoms with Crippen LogP contribution < -0.4 is 5.32 Å². The van der Waals surface area contributed by atoms with Gasteiger partial charge in [0.05, 0.1) is 6.42 Å². The summed E-state index contributed by atoms with van der Waals surface area (Å²) >= 11 is 0. The standard InChI is InChI=1S/C16H23NO2/c1-16(2,11-15(18)19)14-5-3-12(4-6-14)13-7-9-17-10-8-13/h3-6,13,17H,7-11H2,1-2H3,(H,18,19). The molecule has 1 aromatic carbocycles. The van der Waals surface area contributed by atoms with Crippen LogP contribution in [0, 0.1) is 0 Å². The van der Waals surface area contributed by atoms with Gasteiger partial charge in [0.25, 0.3) is 0 Å². The first-order valence-electron chi connectivity index (χ1n) is 7.02. The lowest BCUT2D eigenvalue weighted by Crippen LogP contribution is -2.26. The highest BCUT2D eigenvalue weighted by Crippen LogP contribution is 2.30. The van der Waals surface area contributed by atoms with Gasteiger partial charge in [0, 0.05) is 5.41 Å². The zero-order valence-electron chi connectivity index (χ0n) is 11.8. The van der Waals surface area contributed by atoms with Crippen molar-refractivity contribution in [2.75, 3.05) is 13.1 Å². The third-order valence-electron chi connectivity index (χ3n) is 4.10. The average Bonchev–Trinajstić information content (AvgIpc) is 2.38. The van der Waals surface area contributed by atoms with Crippen LogP contribution in [0.25, 0.3) is 0 Å². The van der Waals surface area contributed by atoms with Crippen LogP contribution in [0.1, 0.15) is 50.2 Å². The van der Waals surface area contributed by atoms with Crippen molar-refractivity contribution in [3.63, 3.8) is 0 Å². The van der Waals surface area contributed by atoms with E-state index in [0.29, 0.717) is 5.92 Å². The molecule has 0 aliphatic carbocycles. The van der Waals surface area contributed by atoms with Gasteiger partial charge in [-0.3, -0.25) is 4.79 Å². The molecule has 104 valence electrons. The predicted octanol–water partition coefficient (Wildman–Crippen LogP) is 2.91. The molecule has 1 aliphatic rings. The van der Waals surface area contributed by atoms with Gasteiger partial charge in [0.2, 0.25) is 0 Å². The number of hydrogen-bond acceptors (Lipinski definition) is 2. The Kier molecular flexibility index (Phi) is 4.25. The molecule has 0 bridgehead atoms. The zero-order valence-corrected chi connectivity index (χ0v) is 11.8. The van der Waals surface area contributed by atoms with E-state index in [1.54, 1.807) is 0 Å². The van der Waals surface area contributed by atoms with Crippen molar-refractivity contribution < 1.29 is 9.90 Å². The molecule has 2 N–H and O–H groups in total. The normalized spacial score (nSPS) is 17.4. The Morgan fingerprint density at radius 2 is 1.84 bits per heavy atom. The lowest BCUT2D eigenvalue weighted by molar-refractivity contribution is -0.138. The topological polar surface area (TPSA) is 49.3 Å². The van der Waals surface area contributed by atoms with Crippen molar-refractivity contribution in [3.8, 4) is 0 Å². The van der Waals surface area contributed by atoms with Crippen molar-refractivity contribution >= 4 is 5.97 Å². The number of carbonyl (C=O) groups is 1.